The number of rotatable bonds is 9. The van der Waals surface area contributed by atoms with Gasteiger partial charge in [-0.2, -0.15) is 0 Å². The molecule has 10 heteroatoms. The molecule has 0 atom stereocenters. The van der Waals surface area contributed by atoms with E-state index in [1.54, 1.807) is 24.3 Å². The highest BCUT2D eigenvalue weighted by molar-refractivity contribution is 7.92. The zero-order valence-electron chi connectivity index (χ0n) is 21.5. The Morgan fingerprint density at radius 3 is 2.31 bits per heavy atom. The Labute approximate surface area is 213 Å². The number of sulfonamides is 1. The number of aryl methyl sites for hydroxylation is 3. The number of pyridine rings is 1. The Morgan fingerprint density at radius 2 is 1.72 bits per heavy atom. The van der Waals surface area contributed by atoms with E-state index in [-0.39, 0.29) is 10.8 Å². The van der Waals surface area contributed by atoms with E-state index in [2.05, 4.69) is 10.1 Å². The highest BCUT2D eigenvalue weighted by Gasteiger charge is 2.28. The molecular formula is C26H34N4O5S. The summed E-state index contributed by atoms with van der Waals surface area (Å²) < 4.78 is 45.4. The summed E-state index contributed by atoms with van der Waals surface area (Å²) in [5.41, 5.74) is 2.92. The summed E-state index contributed by atoms with van der Waals surface area (Å²) in [5.74, 6) is 2.23. The molecule has 0 spiro atoms. The first-order valence-electron chi connectivity index (χ1n) is 12.1. The molecule has 1 fully saturated rings. The molecule has 1 aromatic carbocycles. The average molecular weight is 515 g/mol. The van der Waals surface area contributed by atoms with Gasteiger partial charge in [-0.1, -0.05) is 19.0 Å². The number of hydrogen-bond acceptors (Lipinski definition) is 8. The molecule has 1 saturated heterocycles. The number of anilines is 2. The number of hydrogen-bond donors (Lipinski definition) is 0. The van der Waals surface area contributed by atoms with Crippen LogP contribution in [0.15, 0.2) is 45.8 Å². The molecule has 0 amide bonds. The molecule has 1 aliphatic rings. The van der Waals surface area contributed by atoms with Crippen LogP contribution in [-0.4, -0.2) is 51.4 Å². The van der Waals surface area contributed by atoms with Crippen molar-refractivity contribution in [2.75, 3.05) is 42.1 Å². The average Bonchev–Trinajstić information content (AvgIpc) is 3.19. The Morgan fingerprint density at radius 1 is 1.03 bits per heavy atom. The number of morpholine rings is 1. The first-order chi connectivity index (χ1) is 17.2. The van der Waals surface area contributed by atoms with Gasteiger partial charge in [0.05, 0.1) is 40.7 Å². The summed E-state index contributed by atoms with van der Waals surface area (Å²) in [7, 11) is -3.82. The fourth-order valence-electron chi connectivity index (χ4n) is 4.13. The van der Waals surface area contributed by atoms with Gasteiger partial charge in [0.2, 0.25) is 0 Å². The van der Waals surface area contributed by atoms with Gasteiger partial charge in [0, 0.05) is 19.6 Å². The standard InChI is InChI=1S/C26H34N4O5S/c1-18(2)16-30(25-10-11-26(27-20(25)4)29-12-14-33-15-13-29)36(31,32)23-8-6-22(7-9-23)34-17-24-19(3)28-35-21(24)5/h6-11,18H,12-17H2,1-5H3. The Kier molecular flexibility index (Phi) is 7.85. The summed E-state index contributed by atoms with van der Waals surface area (Å²) in [4.78, 5) is 7.09. The second kappa shape index (κ2) is 10.9. The predicted octanol–water partition coefficient (Wildman–Crippen LogP) is 4.26. The van der Waals surface area contributed by atoms with E-state index in [9.17, 15) is 8.42 Å². The van der Waals surface area contributed by atoms with E-state index in [1.807, 2.05) is 46.8 Å². The largest absolute Gasteiger partial charge is 0.489 e. The van der Waals surface area contributed by atoms with Gasteiger partial charge in [-0.15, -0.1) is 0 Å². The van der Waals surface area contributed by atoms with Crippen molar-refractivity contribution in [3.63, 3.8) is 0 Å². The topological polar surface area (TPSA) is 98.0 Å². The van der Waals surface area contributed by atoms with Crippen LogP contribution in [0.1, 0.15) is 36.6 Å². The minimum absolute atomic E-state index is 0.121. The van der Waals surface area contributed by atoms with Gasteiger partial charge < -0.3 is 18.9 Å². The highest BCUT2D eigenvalue weighted by Crippen LogP contribution is 2.30. The van der Waals surface area contributed by atoms with Gasteiger partial charge in [0.1, 0.15) is 23.9 Å². The van der Waals surface area contributed by atoms with Gasteiger partial charge >= 0.3 is 0 Å². The highest BCUT2D eigenvalue weighted by atomic mass is 32.2. The van der Waals surface area contributed by atoms with Crippen molar-refractivity contribution in [3.05, 3.63) is 59.1 Å². The van der Waals surface area contributed by atoms with Gasteiger partial charge in [-0.05, 0) is 63.1 Å². The molecule has 36 heavy (non-hydrogen) atoms. The molecule has 9 nitrogen and oxygen atoms in total. The monoisotopic (exact) mass is 514 g/mol. The molecule has 0 aliphatic carbocycles. The minimum Gasteiger partial charge on any atom is -0.489 e. The molecule has 0 bridgehead atoms. The summed E-state index contributed by atoms with van der Waals surface area (Å²) in [6.45, 7) is 13.0. The Hall–Kier alpha value is -3.11. The normalized spacial score (nSPS) is 14.3. The van der Waals surface area contributed by atoms with Crippen LogP contribution in [-0.2, 0) is 21.4 Å². The van der Waals surface area contributed by atoms with Gasteiger partial charge in [-0.25, -0.2) is 13.4 Å². The van der Waals surface area contributed by atoms with Crippen molar-refractivity contribution in [3.8, 4) is 5.75 Å². The number of ether oxygens (including phenoxy) is 2. The van der Waals surface area contributed by atoms with Crippen LogP contribution in [0.3, 0.4) is 0 Å². The second-order valence-electron chi connectivity index (χ2n) is 9.37. The van der Waals surface area contributed by atoms with Crippen LogP contribution in [0.2, 0.25) is 0 Å². The fraction of sp³-hybridized carbons (Fsp3) is 0.462. The minimum atomic E-state index is -3.82. The zero-order valence-corrected chi connectivity index (χ0v) is 22.3. The van der Waals surface area contributed by atoms with Crippen LogP contribution >= 0.6 is 0 Å². The molecule has 194 valence electrons. The van der Waals surface area contributed by atoms with Crippen molar-refractivity contribution in [1.29, 1.82) is 0 Å². The lowest BCUT2D eigenvalue weighted by atomic mass is 10.2. The van der Waals surface area contributed by atoms with Crippen molar-refractivity contribution in [2.24, 2.45) is 5.92 Å². The van der Waals surface area contributed by atoms with E-state index in [0.717, 1.165) is 30.2 Å². The molecule has 3 heterocycles. The van der Waals surface area contributed by atoms with Gasteiger partial charge in [-0.3, -0.25) is 4.31 Å². The van der Waals surface area contributed by atoms with Gasteiger partial charge in [0.15, 0.2) is 0 Å². The van der Waals surface area contributed by atoms with E-state index in [1.165, 1.54) is 4.31 Å². The lowest BCUT2D eigenvalue weighted by Crippen LogP contribution is -2.37. The van der Waals surface area contributed by atoms with Crippen molar-refractivity contribution in [1.82, 2.24) is 10.1 Å². The molecule has 1 aliphatic heterocycles. The van der Waals surface area contributed by atoms with Crippen LogP contribution in [0.25, 0.3) is 0 Å². The van der Waals surface area contributed by atoms with E-state index in [0.29, 0.717) is 49.3 Å². The summed E-state index contributed by atoms with van der Waals surface area (Å²) >= 11 is 0. The smallest absolute Gasteiger partial charge is 0.264 e. The molecule has 0 unspecified atom stereocenters. The van der Waals surface area contributed by atoms with Gasteiger partial charge in [0.25, 0.3) is 10.0 Å². The van der Waals surface area contributed by atoms with Crippen molar-refractivity contribution >= 4 is 21.5 Å². The molecular weight excluding hydrogens is 480 g/mol. The third-order valence-corrected chi connectivity index (χ3v) is 7.95. The third-order valence-electron chi connectivity index (χ3n) is 6.15. The molecule has 4 rings (SSSR count). The van der Waals surface area contributed by atoms with Crippen molar-refractivity contribution in [2.45, 2.75) is 46.1 Å². The summed E-state index contributed by atoms with van der Waals surface area (Å²) in [5, 5.41) is 3.93. The van der Waals surface area contributed by atoms with Crippen molar-refractivity contribution < 1.29 is 22.4 Å². The molecule has 3 aromatic rings. The van der Waals surface area contributed by atoms with E-state index < -0.39 is 10.0 Å². The lowest BCUT2D eigenvalue weighted by molar-refractivity contribution is 0.122. The van der Waals surface area contributed by atoms with Crippen LogP contribution in [0.5, 0.6) is 5.75 Å². The SMILES string of the molecule is Cc1nc(N2CCOCC2)ccc1N(CC(C)C)S(=O)(=O)c1ccc(OCc2c(C)noc2C)cc1. The molecule has 0 saturated carbocycles. The lowest BCUT2D eigenvalue weighted by Gasteiger charge is -2.30. The van der Waals surface area contributed by atoms with Crippen LogP contribution < -0.4 is 13.9 Å². The first-order valence-corrected chi connectivity index (χ1v) is 13.6. The maximum Gasteiger partial charge on any atom is 0.264 e. The number of nitrogens with zero attached hydrogens (tertiary/aromatic N) is 4. The molecule has 2 aromatic heterocycles. The Bertz CT molecular complexity index is 1260. The quantitative estimate of drug-likeness (QED) is 0.418. The predicted molar refractivity (Wildman–Crippen MR) is 138 cm³/mol. The zero-order chi connectivity index (χ0) is 25.9. The summed E-state index contributed by atoms with van der Waals surface area (Å²) in [6, 6.07) is 10.2. The number of aromatic nitrogens is 2. The van der Waals surface area contributed by atoms with E-state index >= 15 is 0 Å². The van der Waals surface area contributed by atoms with Crippen LogP contribution in [0.4, 0.5) is 11.5 Å². The number of benzene rings is 1. The fourth-order valence-corrected chi connectivity index (χ4v) is 5.81. The first kappa shape index (κ1) is 26.0. The Balaban J connectivity index is 1.56. The maximum absolute atomic E-state index is 13.8. The molecule has 0 radical (unpaired) electrons. The molecule has 0 N–H and O–H groups in total. The second-order valence-corrected chi connectivity index (χ2v) is 11.2. The summed E-state index contributed by atoms with van der Waals surface area (Å²) in [6.07, 6.45) is 0. The third kappa shape index (κ3) is 5.65. The van der Waals surface area contributed by atoms with E-state index in [4.69, 9.17) is 19.0 Å². The van der Waals surface area contributed by atoms with Crippen LogP contribution in [0, 0.1) is 26.7 Å². The maximum atomic E-state index is 13.8.